The summed E-state index contributed by atoms with van der Waals surface area (Å²) in [6.07, 6.45) is 13.9. The maximum absolute atomic E-state index is 10.0. The first-order valence-electron chi connectivity index (χ1n) is 13.4. The van der Waals surface area contributed by atoms with E-state index < -0.39 is 0 Å². The summed E-state index contributed by atoms with van der Waals surface area (Å²) in [7, 11) is 2.25. The minimum Gasteiger partial charge on any atom is -0.393 e. The van der Waals surface area contributed by atoms with Gasteiger partial charge in [0.05, 0.1) is 12.2 Å². The summed E-state index contributed by atoms with van der Waals surface area (Å²) in [4.78, 5) is 5.18. The molecule has 32 heavy (non-hydrogen) atoms. The van der Waals surface area contributed by atoms with E-state index in [1.165, 1.54) is 70.3 Å². The number of allylic oxidation sites excluding steroid dienone is 3. The smallest absolute Gasteiger partial charge is 0.0602 e. The molecule has 0 amide bonds. The normalized spacial score (nSPS) is 41.6. The van der Waals surface area contributed by atoms with Gasteiger partial charge in [0.1, 0.15) is 0 Å². The molecule has 3 saturated carbocycles. The minimum absolute atomic E-state index is 0.375. The molecule has 0 spiro atoms. The van der Waals surface area contributed by atoms with E-state index in [1.807, 2.05) is 0 Å². The van der Waals surface area contributed by atoms with Crippen LogP contribution in [0.2, 0.25) is 0 Å². The lowest BCUT2D eigenvalue weighted by atomic mass is 9.61. The Bertz CT molecular complexity index is 692. The molecule has 0 radical (unpaired) electrons. The van der Waals surface area contributed by atoms with Gasteiger partial charge in [-0.2, -0.15) is 0 Å². The third-order valence-electron chi connectivity index (χ3n) is 9.64. The fraction of sp³-hybridized carbons (Fsp3) is 0.857. The van der Waals surface area contributed by atoms with Crippen LogP contribution in [-0.4, -0.2) is 71.5 Å². The molecule has 182 valence electrons. The highest BCUT2D eigenvalue weighted by atomic mass is 16.3. The minimum atomic E-state index is -0.375. The average Bonchev–Trinajstić information content (AvgIpc) is 3.08. The predicted molar refractivity (Wildman–Crippen MR) is 133 cm³/mol. The predicted octanol–water partition coefficient (Wildman–Crippen LogP) is 4.62. The molecule has 2 N–H and O–H groups in total. The van der Waals surface area contributed by atoms with Crippen molar-refractivity contribution in [3.63, 3.8) is 0 Å². The van der Waals surface area contributed by atoms with Crippen LogP contribution in [0, 0.1) is 23.2 Å². The Balaban J connectivity index is 1.38. The third-order valence-corrected chi connectivity index (χ3v) is 9.64. The van der Waals surface area contributed by atoms with Gasteiger partial charge in [0, 0.05) is 25.7 Å². The van der Waals surface area contributed by atoms with Crippen molar-refractivity contribution in [2.75, 3.05) is 33.2 Å². The van der Waals surface area contributed by atoms with Gasteiger partial charge in [0.2, 0.25) is 0 Å². The first-order valence-corrected chi connectivity index (χ1v) is 13.4. The second kappa shape index (κ2) is 10.3. The molecule has 4 rings (SSSR count). The zero-order valence-corrected chi connectivity index (χ0v) is 21.1. The second-order valence-corrected chi connectivity index (χ2v) is 12.0. The van der Waals surface area contributed by atoms with E-state index in [-0.39, 0.29) is 12.2 Å². The molecular weight excluding hydrogens is 396 g/mol. The molecule has 0 bridgehead atoms. The van der Waals surface area contributed by atoms with E-state index in [2.05, 4.69) is 49.8 Å². The van der Waals surface area contributed by atoms with Gasteiger partial charge in [-0.1, -0.05) is 37.1 Å². The number of hydrogen-bond donors (Lipinski definition) is 2. The molecular formula is C28H48N2O2. The van der Waals surface area contributed by atoms with Gasteiger partial charge in [0.15, 0.2) is 0 Å². The highest BCUT2D eigenvalue weighted by Crippen LogP contribution is 2.59. The first-order chi connectivity index (χ1) is 15.3. The monoisotopic (exact) mass is 444 g/mol. The Kier molecular flexibility index (Phi) is 7.86. The number of nitrogens with zero attached hydrogens (tertiary/aromatic N) is 2. The number of rotatable bonds is 5. The maximum atomic E-state index is 10.0. The Hall–Kier alpha value is -0.680. The van der Waals surface area contributed by atoms with Crippen LogP contribution in [0.1, 0.15) is 78.6 Å². The van der Waals surface area contributed by atoms with Crippen molar-refractivity contribution in [2.24, 2.45) is 23.2 Å². The van der Waals surface area contributed by atoms with Crippen molar-refractivity contribution >= 4 is 0 Å². The zero-order chi connectivity index (χ0) is 22.9. The van der Waals surface area contributed by atoms with E-state index >= 15 is 0 Å². The molecule has 4 aliphatic rings. The van der Waals surface area contributed by atoms with Crippen molar-refractivity contribution in [3.05, 3.63) is 23.3 Å². The molecule has 4 nitrogen and oxygen atoms in total. The quantitative estimate of drug-likeness (QED) is 0.649. The first kappa shape index (κ1) is 24.4. The van der Waals surface area contributed by atoms with Crippen molar-refractivity contribution in [1.82, 2.24) is 9.80 Å². The molecule has 0 aromatic heterocycles. The van der Waals surface area contributed by atoms with Gasteiger partial charge >= 0.3 is 0 Å². The van der Waals surface area contributed by atoms with Crippen LogP contribution in [-0.2, 0) is 0 Å². The fourth-order valence-electron chi connectivity index (χ4n) is 7.82. The summed E-state index contributed by atoms with van der Waals surface area (Å²) in [5, 5.41) is 20.0. The molecule has 4 fully saturated rings. The Morgan fingerprint density at radius 2 is 1.88 bits per heavy atom. The number of fused-ring (bicyclic) bond motifs is 1. The summed E-state index contributed by atoms with van der Waals surface area (Å²) in [6, 6.07) is 0.682. The SMILES string of the molecule is CC(CCN1CCN(C)CC1C)[C@H]1CC[C@H]2C(=CC=C3C[C@@H](O)C[C@H](O)C3)CCC[C@]12C. The number of hydrogen-bond acceptors (Lipinski definition) is 4. The van der Waals surface area contributed by atoms with Crippen LogP contribution in [0.25, 0.3) is 0 Å². The average molecular weight is 445 g/mol. The molecule has 1 heterocycles. The number of likely N-dealkylation sites (N-methyl/N-ethyl adjacent to an activating group) is 1. The van der Waals surface area contributed by atoms with Gasteiger partial charge in [-0.25, -0.2) is 0 Å². The molecule has 7 atom stereocenters. The summed E-state index contributed by atoms with van der Waals surface area (Å²) in [5.74, 6) is 2.35. The van der Waals surface area contributed by atoms with Gasteiger partial charge in [-0.15, -0.1) is 0 Å². The van der Waals surface area contributed by atoms with Crippen LogP contribution in [0.5, 0.6) is 0 Å². The fourth-order valence-corrected chi connectivity index (χ4v) is 7.82. The Morgan fingerprint density at radius 1 is 1.12 bits per heavy atom. The van der Waals surface area contributed by atoms with E-state index in [9.17, 15) is 10.2 Å². The lowest BCUT2D eigenvalue weighted by Gasteiger charge is -2.45. The number of aliphatic hydroxyl groups excluding tert-OH is 2. The molecule has 0 aromatic carbocycles. The van der Waals surface area contributed by atoms with Gasteiger partial charge in [-0.05, 0) is 101 Å². The highest BCUT2D eigenvalue weighted by Gasteiger charge is 2.50. The topological polar surface area (TPSA) is 46.9 Å². The van der Waals surface area contributed by atoms with Gasteiger partial charge in [-0.3, -0.25) is 4.90 Å². The largest absolute Gasteiger partial charge is 0.393 e. The lowest BCUT2D eigenvalue weighted by Crippen LogP contribution is -2.50. The van der Waals surface area contributed by atoms with E-state index in [1.54, 1.807) is 5.57 Å². The molecule has 3 aliphatic carbocycles. The van der Waals surface area contributed by atoms with E-state index in [4.69, 9.17) is 0 Å². The van der Waals surface area contributed by atoms with E-state index in [0.29, 0.717) is 17.9 Å². The van der Waals surface area contributed by atoms with Crippen LogP contribution in [0.4, 0.5) is 0 Å². The Morgan fingerprint density at radius 3 is 2.59 bits per heavy atom. The molecule has 0 aromatic rings. The van der Waals surface area contributed by atoms with Crippen molar-refractivity contribution in [1.29, 1.82) is 0 Å². The van der Waals surface area contributed by atoms with Crippen molar-refractivity contribution < 1.29 is 10.2 Å². The number of piperazine rings is 1. The molecule has 1 saturated heterocycles. The zero-order valence-electron chi connectivity index (χ0n) is 21.1. The van der Waals surface area contributed by atoms with Gasteiger partial charge < -0.3 is 15.1 Å². The van der Waals surface area contributed by atoms with Crippen LogP contribution in [0.3, 0.4) is 0 Å². The Labute approximate surface area is 196 Å². The summed E-state index contributed by atoms with van der Waals surface area (Å²) in [6.45, 7) is 12.4. The van der Waals surface area contributed by atoms with Crippen molar-refractivity contribution in [2.45, 2.75) is 96.8 Å². The molecule has 1 aliphatic heterocycles. The summed E-state index contributed by atoms with van der Waals surface area (Å²) in [5.41, 5.74) is 3.31. The summed E-state index contributed by atoms with van der Waals surface area (Å²) >= 11 is 0. The molecule has 2 unspecified atom stereocenters. The molecule has 4 heteroatoms. The number of aliphatic hydroxyl groups is 2. The highest BCUT2D eigenvalue weighted by molar-refractivity contribution is 5.26. The van der Waals surface area contributed by atoms with Crippen LogP contribution in [0.15, 0.2) is 23.3 Å². The van der Waals surface area contributed by atoms with E-state index in [0.717, 1.165) is 30.6 Å². The summed E-state index contributed by atoms with van der Waals surface area (Å²) < 4.78 is 0. The third kappa shape index (κ3) is 5.35. The van der Waals surface area contributed by atoms with Crippen molar-refractivity contribution in [3.8, 4) is 0 Å². The maximum Gasteiger partial charge on any atom is 0.0602 e. The lowest BCUT2D eigenvalue weighted by molar-refractivity contribution is 0.0608. The van der Waals surface area contributed by atoms with Gasteiger partial charge in [0.25, 0.3) is 0 Å². The van der Waals surface area contributed by atoms with Crippen LogP contribution < -0.4 is 0 Å². The standard InChI is InChI=1S/C28H48N2O2/c1-20(11-13-30-15-14-29(4)19-21(30)2)26-9-10-27-23(6-5-12-28(26,27)3)8-7-22-16-24(31)18-25(32)17-22/h7-8,20-21,24-27,31-32H,5-6,9-19H2,1-4H3/t20?,21?,24-,25-,26-,27+,28-/m1/s1. The van der Waals surface area contributed by atoms with Crippen LogP contribution >= 0.6 is 0 Å². The second-order valence-electron chi connectivity index (χ2n) is 12.0.